The van der Waals surface area contributed by atoms with Gasteiger partial charge in [0.15, 0.2) is 5.58 Å². The van der Waals surface area contributed by atoms with Crippen LogP contribution in [-0.2, 0) is 29.8 Å². The Morgan fingerprint density at radius 3 is 2.60 bits per heavy atom. The summed E-state index contributed by atoms with van der Waals surface area (Å²) in [5.41, 5.74) is 3.38. The van der Waals surface area contributed by atoms with E-state index in [2.05, 4.69) is 10.1 Å². The second-order valence-corrected chi connectivity index (χ2v) is 9.92. The van der Waals surface area contributed by atoms with Gasteiger partial charge in [-0.25, -0.2) is 9.37 Å². The van der Waals surface area contributed by atoms with E-state index in [1.54, 1.807) is 6.07 Å². The van der Waals surface area contributed by atoms with E-state index in [0.717, 1.165) is 92.9 Å². The molecule has 190 valence electrons. The van der Waals surface area contributed by atoms with Crippen molar-refractivity contribution in [2.24, 2.45) is 0 Å². The summed E-state index contributed by atoms with van der Waals surface area (Å²) in [7, 11) is -4.67. The lowest BCUT2D eigenvalue weighted by Crippen LogP contribution is -2.37. The normalized spacial score (nSPS) is 17.1. The number of hydrogen-bond acceptors (Lipinski definition) is 7. The molecule has 1 fully saturated rings. The molecule has 0 bridgehead atoms. The molecule has 1 aromatic carbocycles. The minimum absolute atomic E-state index is 0.161. The number of aryl methyl sites for hydroxylation is 2. The van der Waals surface area contributed by atoms with Crippen molar-refractivity contribution >= 4 is 21.4 Å². The van der Waals surface area contributed by atoms with Gasteiger partial charge in [-0.3, -0.25) is 18.5 Å². The monoisotopic (exact) mass is 508 g/mol. The molecule has 10 nitrogen and oxygen atoms in total. The Kier molecular flexibility index (Phi) is 7.64. The minimum Gasteiger partial charge on any atom is -0.356 e. The third-order valence-electron chi connectivity index (χ3n) is 6.69. The lowest BCUT2D eigenvalue weighted by molar-refractivity contribution is 0.211. The molecule has 2 aliphatic rings. The number of halogens is 1. The van der Waals surface area contributed by atoms with Gasteiger partial charge in [-0.15, -0.1) is 0 Å². The van der Waals surface area contributed by atoms with Crippen LogP contribution in [0.15, 0.2) is 27.5 Å². The molecule has 5 rings (SSSR count). The maximum atomic E-state index is 13.4. The van der Waals surface area contributed by atoms with Crippen LogP contribution in [-0.4, -0.2) is 56.8 Å². The molecule has 12 heteroatoms. The molecule has 0 aliphatic carbocycles. The van der Waals surface area contributed by atoms with Crippen molar-refractivity contribution in [1.82, 2.24) is 19.6 Å². The first-order valence-corrected chi connectivity index (χ1v) is 13.1. The molecule has 2 aliphatic heterocycles. The van der Waals surface area contributed by atoms with Gasteiger partial charge in [0.2, 0.25) is 0 Å². The van der Waals surface area contributed by atoms with E-state index >= 15 is 0 Å². The quantitative estimate of drug-likeness (QED) is 0.509. The number of benzene rings is 1. The van der Waals surface area contributed by atoms with E-state index < -0.39 is 10.4 Å². The van der Waals surface area contributed by atoms with Crippen LogP contribution in [0, 0.1) is 12.7 Å². The highest BCUT2D eigenvalue weighted by Gasteiger charge is 2.25. The standard InChI is InChI=1S/C23H27FN4O2.H2O4S/c1-15-18(23(29)28-10-3-2-4-21(28)25-15)9-13-27-11-7-16(8-12-27)22-19-6-5-17(24)14-20(19)30-26-22;1-5(2,3)4/h5-6,14,16H,2-4,7-13H2,1H3;(H2,1,2,3,4). The molecular formula is C23H29FN4O6S. The second kappa shape index (κ2) is 10.5. The van der Waals surface area contributed by atoms with E-state index in [9.17, 15) is 9.18 Å². The Morgan fingerprint density at radius 1 is 1.17 bits per heavy atom. The number of aromatic nitrogens is 3. The van der Waals surface area contributed by atoms with Crippen LogP contribution in [0.3, 0.4) is 0 Å². The molecule has 0 amide bonds. The van der Waals surface area contributed by atoms with Gasteiger partial charge < -0.3 is 9.42 Å². The molecule has 0 radical (unpaired) electrons. The Morgan fingerprint density at radius 2 is 1.89 bits per heavy atom. The maximum absolute atomic E-state index is 13.4. The number of rotatable bonds is 4. The lowest BCUT2D eigenvalue weighted by Gasteiger charge is -2.31. The Balaban J connectivity index is 0.000000527. The zero-order chi connectivity index (χ0) is 25.2. The number of piperidine rings is 1. The van der Waals surface area contributed by atoms with Crippen molar-refractivity contribution in [3.8, 4) is 0 Å². The fourth-order valence-electron chi connectivity index (χ4n) is 4.94. The first-order valence-electron chi connectivity index (χ1n) is 11.7. The predicted octanol–water partition coefficient (Wildman–Crippen LogP) is 2.94. The molecule has 2 N–H and O–H groups in total. The van der Waals surface area contributed by atoms with Crippen molar-refractivity contribution < 1.29 is 26.4 Å². The highest BCUT2D eigenvalue weighted by Crippen LogP contribution is 2.32. The molecule has 0 spiro atoms. The number of fused-ring (bicyclic) bond motifs is 2. The van der Waals surface area contributed by atoms with Crippen LogP contribution >= 0.6 is 0 Å². The molecule has 35 heavy (non-hydrogen) atoms. The van der Waals surface area contributed by atoms with Crippen LogP contribution in [0.1, 0.15) is 54.4 Å². The third kappa shape index (κ3) is 6.31. The average molecular weight is 509 g/mol. The molecule has 0 saturated carbocycles. The van der Waals surface area contributed by atoms with Crippen molar-refractivity contribution in [3.63, 3.8) is 0 Å². The number of nitrogens with zero attached hydrogens (tertiary/aromatic N) is 4. The van der Waals surface area contributed by atoms with Crippen LogP contribution in [0.5, 0.6) is 0 Å². The minimum atomic E-state index is -4.67. The van der Waals surface area contributed by atoms with Gasteiger partial charge in [0.25, 0.3) is 5.56 Å². The summed E-state index contributed by atoms with van der Waals surface area (Å²) in [5.74, 6) is 0.974. The molecule has 2 aromatic heterocycles. The third-order valence-corrected chi connectivity index (χ3v) is 6.69. The van der Waals surface area contributed by atoms with Gasteiger partial charge in [-0.1, -0.05) is 5.16 Å². The lowest BCUT2D eigenvalue weighted by atomic mass is 9.91. The summed E-state index contributed by atoms with van der Waals surface area (Å²) < 4.78 is 52.2. The van der Waals surface area contributed by atoms with Crippen LogP contribution in [0.4, 0.5) is 4.39 Å². The Labute approximate surface area is 202 Å². The van der Waals surface area contributed by atoms with Crippen molar-refractivity contribution in [1.29, 1.82) is 0 Å². The van der Waals surface area contributed by atoms with Crippen molar-refractivity contribution in [2.75, 3.05) is 19.6 Å². The topological polar surface area (TPSA) is 139 Å². The van der Waals surface area contributed by atoms with Gasteiger partial charge in [-0.2, -0.15) is 8.42 Å². The van der Waals surface area contributed by atoms with E-state index in [1.165, 1.54) is 12.1 Å². The fraction of sp³-hybridized carbons (Fsp3) is 0.522. The van der Waals surface area contributed by atoms with Crippen LogP contribution < -0.4 is 5.56 Å². The van der Waals surface area contributed by atoms with Crippen molar-refractivity contribution in [2.45, 2.75) is 57.9 Å². The van der Waals surface area contributed by atoms with E-state index in [4.69, 9.17) is 27.0 Å². The molecule has 0 unspecified atom stereocenters. The number of hydrogen-bond donors (Lipinski definition) is 2. The zero-order valence-corrected chi connectivity index (χ0v) is 20.3. The van der Waals surface area contributed by atoms with Crippen LogP contribution in [0.2, 0.25) is 0 Å². The summed E-state index contributed by atoms with van der Waals surface area (Å²) in [6.45, 7) is 5.55. The summed E-state index contributed by atoms with van der Waals surface area (Å²) in [4.78, 5) is 20.1. The van der Waals surface area contributed by atoms with Gasteiger partial charge in [-0.05, 0) is 64.3 Å². The van der Waals surface area contributed by atoms with Gasteiger partial charge in [0.05, 0.1) is 5.69 Å². The van der Waals surface area contributed by atoms with Crippen molar-refractivity contribution in [3.05, 3.63) is 57.1 Å². The highest BCUT2D eigenvalue weighted by atomic mass is 32.3. The fourth-order valence-corrected chi connectivity index (χ4v) is 4.94. The maximum Gasteiger partial charge on any atom is 0.394 e. The first kappa shape index (κ1) is 25.4. The van der Waals surface area contributed by atoms with Crippen LogP contribution in [0.25, 0.3) is 11.0 Å². The zero-order valence-electron chi connectivity index (χ0n) is 19.5. The SMILES string of the molecule is Cc1nc2n(c(=O)c1CCN1CCC(c3noc4cc(F)ccc34)CC1)CCCC2.O=S(=O)(O)O. The second-order valence-electron chi connectivity index (χ2n) is 9.03. The molecule has 0 atom stereocenters. The summed E-state index contributed by atoms with van der Waals surface area (Å²) >= 11 is 0. The highest BCUT2D eigenvalue weighted by molar-refractivity contribution is 7.79. The van der Waals surface area contributed by atoms with Gasteiger partial charge in [0.1, 0.15) is 11.6 Å². The molecule has 3 aromatic rings. The Hall–Kier alpha value is -2.67. The largest absolute Gasteiger partial charge is 0.394 e. The summed E-state index contributed by atoms with van der Waals surface area (Å²) in [6, 6.07) is 4.63. The Bertz CT molecular complexity index is 1350. The van der Waals surface area contributed by atoms with E-state index in [0.29, 0.717) is 11.5 Å². The molecule has 4 heterocycles. The first-order chi connectivity index (χ1) is 16.6. The van der Waals surface area contributed by atoms with E-state index in [1.807, 2.05) is 11.5 Å². The van der Waals surface area contributed by atoms with Gasteiger partial charge >= 0.3 is 10.4 Å². The summed E-state index contributed by atoms with van der Waals surface area (Å²) in [5, 5.41) is 5.15. The number of likely N-dealkylation sites (tertiary alicyclic amines) is 1. The molecular weight excluding hydrogens is 479 g/mol. The molecule has 1 saturated heterocycles. The predicted molar refractivity (Wildman–Crippen MR) is 126 cm³/mol. The smallest absolute Gasteiger partial charge is 0.356 e. The van der Waals surface area contributed by atoms with E-state index in [-0.39, 0.29) is 11.4 Å². The summed E-state index contributed by atoms with van der Waals surface area (Å²) in [6.07, 6.45) is 5.81. The van der Waals surface area contributed by atoms with Gasteiger partial charge in [0, 0.05) is 48.1 Å². The average Bonchev–Trinajstić information content (AvgIpc) is 3.21.